The second-order valence-corrected chi connectivity index (χ2v) is 7.17. The summed E-state index contributed by atoms with van der Waals surface area (Å²) in [6.45, 7) is 13.3. The van der Waals surface area contributed by atoms with Gasteiger partial charge in [0.25, 0.3) is 0 Å². The smallest absolute Gasteiger partial charge is 0.0198 e. The highest BCUT2D eigenvalue weighted by atomic mass is 15.2. The van der Waals surface area contributed by atoms with Crippen molar-refractivity contribution in [2.45, 2.75) is 65.5 Å². The molecule has 1 saturated carbocycles. The Labute approximate surface area is 107 Å². The Morgan fingerprint density at radius 3 is 2.71 bits per heavy atom. The summed E-state index contributed by atoms with van der Waals surface area (Å²) in [6, 6.07) is 1.56. The van der Waals surface area contributed by atoms with E-state index in [1.165, 1.54) is 45.3 Å². The van der Waals surface area contributed by atoms with Crippen LogP contribution in [0.1, 0.15) is 53.4 Å². The Bertz CT molecular complexity index is 247. The van der Waals surface area contributed by atoms with Gasteiger partial charge in [-0.05, 0) is 30.6 Å². The average molecular weight is 238 g/mol. The Kier molecular flexibility index (Phi) is 4.14. The lowest BCUT2D eigenvalue weighted by molar-refractivity contribution is 0.0773. The van der Waals surface area contributed by atoms with Crippen LogP contribution >= 0.6 is 0 Å². The molecule has 1 heterocycles. The lowest BCUT2D eigenvalue weighted by atomic mass is 9.85. The van der Waals surface area contributed by atoms with E-state index < -0.39 is 0 Å². The number of nitrogens with one attached hydrogen (secondary N) is 1. The molecule has 17 heavy (non-hydrogen) atoms. The molecule has 0 spiro atoms. The van der Waals surface area contributed by atoms with Crippen LogP contribution in [0, 0.1) is 11.3 Å². The molecule has 0 aromatic carbocycles. The molecule has 0 aromatic heterocycles. The summed E-state index contributed by atoms with van der Waals surface area (Å²) in [6.07, 6.45) is 5.58. The number of rotatable bonds is 3. The fourth-order valence-electron chi connectivity index (χ4n) is 3.85. The highest BCUT2D eigenvalue weighted by molar-refractivity contribution is 4.94. The maximum atomic E-state index is 3.69. The largest absolute Gasteiger partial charge is 0.311 e. The third-order valence-corrected chi connectivity index (χ3v) is 4.68. The molecule has 2 nitrogen and oxygen atoms in total. The maximum absolute atomic E-state index is 3.69. The van der Waals surface area contributed by atoms with Gasteiger partial charge in [-0.2, -0.15) is 0 Å². The van der Waals surface area contributed by atoms with E-state index in [-0.39, 0.29) is 0 Å². The quantitative estimate of drug-likeness (QED) is 0.813. The van der Waals surface area contributed by atoms with E-state index in [1.807, 2.05) is 0 Å². The van der Waals surface area contributed by atoms with Crippen LogP contribution in [0.15, 0.2) is 0 Å². The molecule has 1 aliphatic heterocycles. The Morgan fingerprint density at radius 1 is 1.35 bits per heavy atom. The van der Waals surface area contributed by atoms with Gasteiger partial charge in [0.15, 0.2) is 0 Å². The second kappa shape index (κ2) is 5.27. The molecule has 2 rings (SSSR count). The molecule has 0 amide bonds. The Balaban J connectivity index is 1.93. The molecule has 2 atom stereocenters. The minimum atomic E-state index is 0.541. The van der Waals surface area contributed by atoms with Gasteiger partial charge in [-0.15, -0.1) is 0 Å². The topological polar surface area (TPSA) is 15.3 Å². The van der Waals surface area contributed by atoms with Crippen molar-refractivity contribution in [3.05, 3.63) is 0 Å². The van der Waals surface area contributed by atoms with Crippen LogP contribution in [-0.4, -0.2) is 36.6 Å². The molecule has 0 radical (unpaired) electrons. The van der Waals surface area contributed by atoms with E-state index in [9.17, 15) is 0 Å². The molecule has 1 N–H and O–H groups in total. The molecule has 0 bridgehead atoms. The van der Waals surface area contributed by atoms with Gasteiger partial charge in [0.2, 0.25) is 0 Å². The van der Waals surface area contributed by atoms with Gasteiger partial charge in [-0.3, -0.25) is 4.90 Å². The van der Waals surface area contributed by atoms with Gasteiger partial charge in [0.1, 0.15) is 0 Å². The van der Waals surface area contributed by atoms with Gasteiger partial charge < -0.3 is 5.32 Å². The first-order chi connectivity index (χ1) is 7.99. The first-order valence-electron chi connectivity index (χ1n) is 7.46. The summed E-state index contributed by atoms with van der Waals surface area (Å²) in [7, 11) is 0. The zero-order chi connectivity index (χ0) is 12.5. The van der Waals surface area contributed by atoms with Gasteiger partial charge in [0.05, 0.1) is 0 Å². The van der Waals surface area contributed by atoms with Gasteiger partial charge in [-0.25, -0.2) is 0 Å². The van der Waals surface area contributed by atoms with Crippen molar-refractivity contribution >= 4 is 0 Å². The first kappa shape index (κ1) is 13.4. The highest BCUT2D eigenvalue weighted by Crippen LogP contribution is 2.40. The van der Waals surface area contributed by atoms with E-state index in [0.717, 1.165) is 18.0 Å². The monoisotopic (exact) mass is 238 g/mol. The zero-order valence-electron chi connectivity index (χ0n) is 12.1. The van der Waals surface area contributed by atoms with Crippen molar-refractivity contribution < 1.29 is 0 Å². The Hall–Kier alpha value is -0.0800. The predicted octanol–water partition coefficient (Wildman–Crippen LogP) is 2.89. The van der Waals surface area contributed by atoms with Crippen LogP contribution in [0.5, 0.6) is 0 Å². The molecule has 1 aliphatic carbocycles. The summed E-state index contributed by atoms with van der Waals surface area (Å²) in [4.78, 5) is 2.77. The number of nitrogens with zero attached hydrogens (tertiary/aromatic N) is 1. The second-order valence-electron chi connectivity index (χ2n) is 7.17. The van der Waals surface area contributed by atoms with E-state index in [0.29, 0.717) is 5.41 Å². The van der Waals surface area contributed by atoms with Crippen LogP contribution in [-0.2, 0) is 0 Å². The van der Waals surface area contributed by atoms with E-state index in [2.05, 4.69) is 37.9 Å². The summed E-state index contributed by atoms with van der Waals surface area (Å²) < 4.78 is 0. The van der Waals surface area contributed by atoms with Crippen LogP contribution in [0.2, 0.25) is 0 Å². The van der Waals surface area contributed by atoms with Crippen molar-refractivity contribution in [3.63, 3.8) is 0 Å². The van der Waals surface area contributed by atoms with Crippen LogP contribution in [0.3, 0.4) is 0 Å². The standard InChI is InChI=1S/C15H30N2/c1-12(2)10-13-11-17(9-8-16-13)14-6-5-7-15(14,3)4/h12-14,16H,5-11H2,1-4H3. The van der Waals surface area contributed by atoms with Crippen LogP contribution in [0.25, 0.3) is 0 Å². The minimum absolute atomic E-state index is 0.541. The molecule has 0 aromatic rings. The maximum Gasteiger partial charge on any atom is 0.0198 e. The third kappa shape index (κ3) is 3.23. The van der Waals surface area contributed by atoms with Crippen LogP contribution in [0.4, 0.5) is 0 Å². The summed E-state index contributed by atoms with van der Waals surface area (Å²) >= 11 is 0. The lowest BCUT2D eigenvalue weighted by Crippen LogP contribution is -2.56. The fraction of sp³-hybridized carbons (Fsp3) is 1.00. The molecule has 2 aliphatic rings. The summed E-state index contributed by atoms with van der Waals surface area (Å²) in [5, 5.41) is 3.69. The van der Waals surface area contributed by atoms with E-state index in [1.54, 1.807) is 0 Å². The predicted molar refractivity (Wildman–Crippen MR) is 74.2 cm³/mol. The van der Waals surface area contributed by atoms with E-state index >= 15 is 0 Å². The molecule has 100 valence electrons. The number of hydrogen-bond donors (Lipinski definition) is 1. The van der Waals surface area contributed by atoms with Crippen molar-refractivity contribution in [1.82, 2.24) is 10.2 Å². The van der Waals surface area contributed by atoms with Crippen LogP contribution < -0.4 is 5.32 Å². The summed E-state index contributed by atoms with van der Waals surface area (Å²) in [5.41, 5.74) is 0.541. The number of hydrogen-bond acceptors (Lipinski definition) is 2. The summed E-state index contributed by atoms with van der Waals surface area (Å²) in [5.74, 6) is 0.809. The molecule has 2 unspecified atom stereocenters. The van der Waals surface area contributed by atoms with E-state index in [4.69, 9.17) is 0 Å². The van der Waals surface area contributed by atoms with Gasteiger partial charge in [0, 0.05) is 31.7 Å². The molecular weight excluding hydrogens is 208 g/mol. The molecule has 2 heteroatoms. The number of piperazine rings is 1. The fourth-order valence-corrected chi connectivity index (χ4v) is 3.85. The van der Waals surface area contributed by atoms with Crippen molar-refractivity contribution in [1.29, 1.82) is 0 Å². The normalized spacial score (nSPS) is 34.4. The molecular formula is C15H30N2. The Morgan fingerprint density at radius 2 is 2.12 bits per heavy atom. The highest BCUT2D eigenvalue weighted by Gasteiger charge is 2.39. The van der Waals surface area contributed by atoms with Crippen molar-refractivity contribution in [3.8, 4) is 0 Å². The molecule has 1 saturated heterocycles. The van der Waals surface area contributed by atoms with Crippen molar-refractivity contribution in [2.24, 2.45) is 11.3 Å². The lowest BCUT2D eigenvalue weighted by Gasteiger charge is -2.43. The zero-order valence-corrected chi connectivity index (χ0v) is 12.1. The average Bonchev–Trinajstić information content (AvgIpc) is 2.57. The van der Waals surface area contributed by atoms with Gasteiger partial charge >= 0.3 is 0 Å². The van der Waals surface area contributed by atoms with Crippen molar-refractivity contribution in [2.75, 3.05) is 19.6 Å². The molecule has 2 fully saturated rings. The van der Waals surface area contributed by atoms with Gasteiger partial charge in [-0.1, -0.05) is 34.1 Å². The minimum Gasteiger partial charge on any atom is -0.311 e. The third-order valence-electron chi connectivity index (χ3n) is 4.68. The first-order valence-corrected chi connectivity index (χ1v) is 7.46. The SMILES string of the molecule is CC(C)CC1CN(C2CCCC2(C)C)CCN1.